The van der Waals surface area contributed by atoms with Crippen LogP contribution in [-0.4, -0.2) is 64.4 Å². The maximum Gasteiger partial charge on any atom is 0.305 e. The molecule has 1 unspecified atom stereocenters. The number of hydrogen-bond donors (Lipinski definition) is 0. The van der Waals surface area contributed by atoms with Crippen LogP contribution in [0, 0.1) is 28.1 Å². The standard InChI is InChI=1S/C29H40O7/c1-15-17(16-8-9-34-13-16)10-18-23(15)29(4)19(11-22(30)33-7)28(3)21(32-6)12-20(31-5)27(2)14-35-24(25(27)28)26(29)36-18/h8-9,13,17-21,24-26H,10-12,14H2,1-7H3/t17-,18-,19?,20-,21+,24-,25+,26-,27-,28+,29-/m1/s1. The molecule has 5 aliphatic rings. The first-order valence-corrected chi connectivity index (χ1v) is 13.3. The van der Waals surface area contributed by atoms with E-state index in [0.717, 1.165) is 12.8 Å². The van der Waals surface area contributed by atoms with Crippen molar-refractivity contribution in [3.05, 3.63) is 35.3 Å². The van der Waals surface area contributed by atoms with Crippen LogP contribution < -0.4 is 0 Å². The smallest absolute Gasteiger partial charge is 0.305 e. The van der Waals surface area contributed by atoms with Gasteiger partial charge in [0.15, 0.2) is 0 Å². The lowest BCUT2D eigenvalue weighted by Gasteiger charge is -2.65. The Labute approximate surface area is 213 Å². The van der Waals surface area contributed by atoms with Crippen LogP contribution in [0.25, 0.3) is 0 Å². The molecular formula is C29H40O7. The largest absolute Gasteiger partial charge is 0.472 e. The summed E-state index contributed by atoms with van der Waals surface area (Å²) in [6.45, 7) is 9.80. The molecule has 0 amide bonds. The molecule has 0 spiro atoms. The highest BCUT2D eigenvalue weighted by molar-refractivity contribution is 5.70. The third-order valence-electron chi connectivity index (χ3n) is 11.2. The summed E-state index contributed by atoms with van der Waals surface area (Å²) in [6, 6.07) is 2.05. The molecule has 7 nitrogen and oxygen atoms in total. The highest BCUT2D eigenvalue weighted by Gasteiger charge is 2.77. The molecule has 0 bridgehead atoms. The first kappa shape index (κ1) is 24.7. The number of hydrogen-bond acceptors (Lipinski definition) is 7. The number of furan rings is 1. The summed E-state index contributed by atoms with van der Waals surface area (Å²) in [5.74, 6) is 0.162. The third kappa shape index (κ3) is 2.86. The lowest BCUT2D eigenvalue weighted by atomic mass is 9.40. The van der Waals surface area contributed by atoms with E-state index in [9.17, 15) is 4.79 Å². The second-order valence-corrected chi connectivity index (χ2v) is 12.4. The van der Waals surface area contributed by atoms with Gasteiger partial charge in [-0.1, -0.05) is 26.3 Å². The van der Waals surface area contributed by atoms with Crippen LogP contribution in [-0.2, 0) is 28.5 Å². The van der Waals surface area contributed by atoms with Crippen molar-refractivity contribution in [1.29, 1.82) is 0 Å². The Morgan fingerprint density at radius 3 is 2.50 bits per heavy atom. The zero-order valence-electron chi connectivity index (χ0n) is 22.5. The lowest BCUT2D eigenvalue weighted by Crippen LogP contribution is -2.70. The monoisotopic (exact) mass is 500 g/mol. The van der Waals surface area contributed by atoms with Crippen molar-refractivity contribution in [3.63, 3.8) is 0 Å². The summed E-state index contributed by atoms with van der Waals surface area (Å²) in [5, 5.41) is 0. The summed E-state index contributed by atoms with van der Waals surface area (Å²) in [7, 11) is 5.07. The van der Waals surface area contributed by atoms with E-state index >= 15 is 0 Å². The van der Waals surface area contributed by atoms with Crippen LogP contribution in [0.5, 0.6) is 0 Å². The molecule has 0 radical (unpaired) electrons. The summed E-state index contributed by atoms with van der Waals surface area (Å²) in [5.41, 5.74) is 2.94. The van der Waals surface area contributed by atoms with Gasteiger partial charge in [0.05, 0.1) is 56.8 Å². The van der Waals surface area contributed by atoms with Crippen LogP contribution in [0.4, 0.5) is 0 Å². The second kappa shape index (κ2) is 8.16. The first-order valence-electron chi connectivity index (χ1n) is 13.3. The van der Waals surface area contributed by atoms with E-state index in [1.807, 2.05) is 6.26 Å². The fourth-order valence-corrected chi connectivity index (χ4v) is 9.84. The molecule has 4 fully saturated rings. The number of ether oxygens (including phenoxy) is 5. The minimum atomic E-state index is -0.390. The number of allylic oxidation sites excluding steroid dienone is 1. The first-order chi connectivity index (χ1) is 17.2. The van der Waals surface area contributed by atoms with Crippen LogP contribution in [0.1, 0.15) is 58.4 Å². The van der Waals surface area contributed by atoms with Gasteiger partial charge >= 0.3 is 5.97 Å². The molecule has 6 rings (SSSR count). The zero-order chi connectivity index (χ0) is 25.6. The fraction of sp³-hybridized carbons (Fsp3) is 0.759. The zero-order valence-corrected chi connectivity index (χ0v) is 22.5. The third-order valence-corrected chi connectivity index (χ3v) is 11.2. The van der Waals surface area contributed by atoms with Crippen molar-refractivity contribution in [3.8, 4) is 0 Å². The Hall–Kier alpha value is -1.67. The number of fused-ring (bicyclic) bond motifs is 4. The van der Waals surface area contributed by atoms with Crippen LogP contribution in [0.15, 0.2) is 34.2 Å². The summed E-state index contributed by atoms with van der Waals surface area (Å²) in [6.07, 6.45) is 5.26. The fourth-order valence-electron chi connectivity index (χ4n) is 9.84. The summed E-state index contributed by atoms with van der Waals surface area (Å²) in [4.78, 5) is 13.0. The lowest BCUT2D eigenvalue weighted by molar-refractivity contribution is -0.250. The molecule has 198 valence electrons. The van der Waals surface area contributed by atoms with E-state index < -0.39 is 0 Å². The van der Waals surface area contributed by atoms with Gasteiger partial charge in [-0.15, -0.1) is 0 Å². The van der Waals surface area contributed by atoms with Crippen LogP contribution in [0.3, 0.4) is 0 Å². The Bertz CT molecular complexity index is 1060. The van der Waals surface area contributed by atoms with Gasteiger partial charge in [-0.2, -0.15) is 0 Å². The topological polar surface area (TPSA) is 76.4 Å². The van der Waals surface area contributed by atoms with Gasteiger partial charge in [0.2, 0.25) is 0 Å². The number of methoxy groups -OCH3 is 3. The Balaban J connectivity index is 1.55. The molecule has 0 N–H and O–H groups in total. The van der Waals surface area contributed by atoms with Crippen LogP contribution >= 0.6 is 0 Å². The summed E-state index contributed by atoms with van der Waals surface area (Å²) >= 11 is 0. The Kier molecular flexibility index (Phi) is 5.59. The van der Waals surface area contributed by atoms with E-state index in [2.05, 4.69) is 33.8 Å². The average Bonchev–Trinajstić information content (AvgIpc) is 3.62. The van der Waals surface area contributed by atoms with Crippen molar-refractivity contribution in [2.45, 2.75) is 83.4 Å². The second-order valence-electron chi connectivity index (χ2n) is 12.4. The number of carbonyl (C=O) groups is 1. The van der Waals surface area contributed by atoms with Gasteiger partial charge < -0.3 is 28.1 Å². The van der Waals surface area contributed by atoms with Crippen molar-refractivity contribution < 1.29 is 32.9 Å². The van der Waals surface area contributed by atoms with Crippen molar-refractivity contribution in [2.24, 2.45) is 28.1 Å². The molecule has 36 heavy (non-hydrogen) atoms. The van der Waals surface area contributed by atoms with Crippen molar-refractivity contribution >= 4 is 5.97 Å². The van der Waals surface area contributed by atoms with Crippen LogP contribution in [0.2, 0.25) is 0 Å². The predicted octanol–water partition coefficient (Wildman–Crippen LogP) is 4.51. The number of carbonyl (C=O) groups excluding carboxylic acids is 1. The summed E-state index contributed by atoms with van der Waals surface area (Å²) < 4.78 is 36.8. The van der Waals surface area contributed by atoms with E-state index in [0.29, 0.717) is 13.0 Å². The Morgan fingerprint density at radius 2 is 1.86 bits per heavy atom. The van der Waals surface area contributed by atoms with Crippen molar-refractivity contribution in [2.75, 3.05) is 27.9 Å². The average molecular weight is 501 g/mol. The molecule has 0 aromatic carbocycles. The Morgan fingerprint density at radius 1 is 1.11 bits per heavy atom. The highest BCUT2D eigenvalue weighted by atomic mass is 16.6. The van der Waals surface area contributed by atoms with Gasteiger partial charge in [0.25, 0.3) is 0 Å². The maximum absolute atomic E-state index is 13.0. The van der Waals surface area contributed by atoms with E-state index in [4.69, 9.17) is 28.1 Å². The maximum atomic E-state index is 13.0. The highest BCUT2D eigenvalue weighted by Crippen LogP contribution is 2.73. The molecule has 1 aromatic rings. The molecule has 11 atom stereocenters. The minimum Gasteiger partial charge on any atom is -0.472 e. The predicted molar refractivity (Wildman–Crippen MR) is 131 cm³/mol. The molecule has 1 aromatic heterocycles. The number of esters is 1. The molecule has 7 heteroatoms. The molecule has 2 saturated heterocycles. The normalized spacial score (nSPS) is 49.1. The van der Waals surface area contributed by atoms with Gasteiger partial charge in [-0.3, -0.25) is 4.79 Å². The molecular weight excluding hydrogens is 460 g/mol. The number of rotatable bonds is 5. The SMILES string of the molecule is COC(=O)CC1[C@@]2(C)[C@@H](OC)C[C@@H](OC)[C@@]3(C)CO[C@@H]([C@H]4O[C@@H]5C[C@@H](c6ccoc6)C(C)=C5[C@@]14C)[C@@H]32. The quantitative estimate of drug-likeness (QED) is 0.435. The van der Waals surface area contributed by atoms with Gasteiger partial charge in [-0.05, 0) is 36.5 Å². The van der Waals surface area contributed by atoms with E-state index in [1.165, 1.54) is 23.8 Å². The van der Waals surface area contributed by atoms with Gasteiger partial charge in [-0.25, -0.2) is 0 Å². The molecule has 2 saturated carbocycles. The van der Waals surface area contributed by atoms with E-state index in [1.54, 1.807) is 20.5 Å². The molecule has 3 aliphatic carbocycles. The van der Waals surface area contributed by atoms with E-state index in [-0.39, 0.29) is 70.5 Å². The molecule has 3 heterocycles. The minimum absolute atomic E-state index is 0.00141. The molecule has 2 aliphatic heterocycles. The van der Waals surface area contributed by atoms with Gasteiger partial charge in [0.1, 0.15) is 0 Å². The van der Waals surface area contributed by atoms with Gasteiger partial charge in [0, 0.05) is 55.1 Å². The van der Waals surface area contributed by atoms with Crippen molar-refractivity contribution in [1.82, 2.24) is 0 Å².